The van der Waals surface area contributed by atoms with Gasteiger partial charge in [-0.15, -0.1) is 0 Å². The van der Waals surface area contributed by atoms with E-state index in [9.17, 15) is 9.36 Å². The summed E-state index contributed by atoms with van der Waals surface area (Å²) < 4.78 is 18.8. The van der Waals surface area contributed by atoms with Crippen molar-refractivity contribution < 1.29 is 28.4 Å². The Bertz CT molecular complexity index is 209. The summed E-state index contributed by atoms with van der Waals surface area (Å²) in [6.45, 7) is 2.77. The van der Waals surface area contributed by atoms with Crippen molar-refractivity contribution in [2.45, 2.75) is 26.4 Å². The average Bonchev–Trinajstić information content (AvgIpc) is 1.99. The minimum atomic E-state index is -4.57. The van der Waals surface area contributed by atoms with Crippen LogP contribution in [0.1, 0.15) is 20.3 Å². The van der Waals surface area contributed by atoms with Gasteiger partial charge in [-0.25, -0.2) is 9.36 Å². The van der Waals surface area contributed by atoms with Crippen LogP contribution in [0.4, 0.5) is 0 Å². The number of ether oxygens (including phenoxy) is 1. The van der Waals surface area contributed by atoms with Gasteiger partial charge in [0.2, 0.25) is 0 Å². The number of hydrogen-bond acceptors (Lipinski definition) is 4. The highest BCUT2D eigenvalue weighted by Gasteiger charge is 2.17. The molecule has 78 valence electrons. The molecule has 13 heavy (non-hydrogen) atoms. The third kappa shape index (κ3) is 7.93. The number of hydrogen-bond donors (Lipinski definition) is 2. The van der Waals surface area contributed by atoms with E-state index < -0.39 is 20.4 Å². The molecular formula is C6H13O6P. The molecule has 7 heteroatoms. The highest BCUT2D eigenvalue weighted by molar-refractivity contribution is 7.46. The maximum absolute atomic E-state index is 10.8. The first-order chi connectivity index (χ1) is 5.85. The predicted molar refractivity (Wildman–Crippen MR) is 43.8 cm³/mol. The Kier molecular flexibility index (Phi) is 5.17. The lowest BCUT2D eigenvalue weighted by Gasteiger charge is -2.10. The van der Waals surface area contributed by atoms with Crippen molar-refractivity contribution in [3.63, 3.8) is 0 Å². The molecule has 0 rings (SSSR count). The molecule has 2 N–H and O–H groups in total. The van der Waals surface area contributed by atoms with Crippen LogP contribution in [0.25, 0.3) is 0 Å². The zero-order valence-electron chi connectivity index (χ0n) is 7.47. The van der Waals surface area contributed by atoms with Gasteiger partial charge >= 0.3 is 13.8 Å². The smallest absolute Gasteiger partial charge is 0.461 e. The summed E-state index contributed by atoms with van der Waals surface area (Å²) in [5.74, 6) is -0.780. The van der Waals surface area contributed by atoms with Gasteiger partial charge in [-0.2, -0.15) is 0 Å². The molecule has 0 aliphatic carbocycles. The standard InChI is InChI=1S/C6H13O6P/c1-3-5(2)12-6(7)4-11-13(8,9)10/h5H,3-4H2,1-2H3,(H2,8,9,10). The molecule has 0 spiro atoms. The number of phosphoric acid groups is 1. The molecule has 0 aromatic heterocycles. The topological polar surface area (TPSA) is 93.1 Å². The quantitative estimate of drug-likeness (QED) is 0.507. The van der Waals surface area contributed by atoms with Crippen LogP contribution >= 0.6 is 7.82 Å². The van der Waals surface area contributed by atoms with Crippen molar-refractivity contribution in [2.75, 3.05) is 6.61 Å². The summed E-state index contributed by atoms with van der Waals surface area (Å²) in [5.41, 5.74) is 0. The Balaban J connectivity index is 3.70. The molecular weight excluding hydrogens is 199 g/mol. The molecule has 6 nitrogen and oxygen atoms in total. The summed E-state index contributed by atoms with van der Waals surface area (Å²) in [5, 5.41) is 0. The zero-order valence-corrected chi connectivity index (χ0v) is 8.36. The molecule has 0 heterocycles. The van der Waals surface area contributed by atoms with Crippen LogP contribution in [0.5, 0.6) is 0 Å². The lowest BCUT2D eigenvalue weighted by atomic mass is 10.3. The molecule has 0 aliphatic rings. The summed E-state index contributed by atoms with van der Waals surface area (Å²) in [6, 6.07) is 0. The highest BCUT2D eigenvalue weighted by atomic mass is 31.2. The molecule has 1 atom stereocenters. The first kappa shape index (κ1) is 12.6. The van der Waals surface area contributed by atoms with Crippen molar-refractivity contribution in [1.82, 2.24) is 0 Å². The molecule has 0 aromatic carbocycles. The van der Waals surface area contributed by atoms with E-state index in [2.05, 4.69) is 9.26 Å². The molecule has 0 saturated carbocycles. The number of rotatable bonds is 5. The third-order valence-corrected chi connectivity index (χ3v) is 1.72. The monoisotopic (exact) mass is 212 g/mol. The van der Waals surface area contributed by atoms with E-state index in [0.717, 1.165) is 0 Å². The lowest BCUT2D eigenvalue weighted by Crippen LogP contribution is -2.18. The summed E-state index contributed by atoms with van der Waals surface area (Å²) in [7, 11) is -4.57. The highest BCUT2D eigenvalue weighted by Crippen LogP contribution is 2.35. The van der Waals surface area contributed by atoms with Gasteiger partial charge < -0.3 is 14.5 Å². The maximum atomic E-state index is 10.8. The van der Waals surface area contributed by atoms with E-state index in [1.165, 1.54) is 0 Å². The van der Waals surface area contributed by atoms with E-state index in [0.29, 0.717) is 6.42 Å². The lowest BCUT2D eigenvalue weighted by molar-refractivity contribution is -0.151. The summed E-state index contributed by atoms with van der Waals surface area (Å²) >= 11 is 0. The molecule has 0 amide bonds. The van der Waals surface area contributed by atoms with Gasteiger partial charge in [0.25, 0.3) is 0 Å². The fourth-order valence-corrected chi connectivity index (χ4v) is 0.752. The Hall–Kier alpha value is -0.420. The zero-order chi connectivity index (χ0) is 10.5. The number of carbonyl (C=O) groups is 1. The average molecular weight is 212 g/mol. The Morgan fingerprint density at radius 1 is 1.54 bits per heavy atom. The SMILES string of the molecule is CCC(C)OC(=O)COP(=O)(O)O. The van der Waals surface area contributed by atoms with Crippen LogP contribution in [0, 0.1) is 0 Å². The van der Waals surface area contributed by atoms with Gasteiger partial charge in [0.1, 0.15) is 0 Å². The Morgan fingerprint density at radius 2 is 2.08 bits per heavy atom. The fraction of sp³-hybridized carbons (Fsp3) is 0.833. The van der Waals surface area contributed by atoms with Gasteiger partial charge in [-0.3, -0.25) is 4.52 Å². The van der Waals surface area contributed by atoms with E-state index >= 15 is 0 Å². The predicted octanol–water partition coefficient (Wildman–Crippen LogP) is 0.437. The molecule has 0 fully saturated rings. The van der Waals surface area contributed by atoms with Gasteiger partial charge in [0.05, 0.1) is 6.10 Å². The number of phosphoric ester groups is 1. The minimum Gasteiger partial charge on any atom is -0.461 e. The van der Waals surface area contributed by atoms with Crippen LogP contribution in [-0.2, 0) is 18.6 Å². The van der Waals surface area contributed by atoms with E-state index in [4.69, 9.17) is 9.79 Å². The van der Waals surface area contributed by atoms with Crippen LogP contribution in [-0.4, -0.2) is 28.5 Å². The molecule has 1 unspecified atom stereocenters. The van der Waals surface area contributed by atoms with Crippen molar-refractivity contribution in [3.05, 3.63) is 0 Å². The van der Waals surface area contributed by atoms with Crippen molar-refractivity contribution in [2.24, 2.45) is 0 Å². The van der Waals surface area contributed by atoms with Crippen molar-refractivity contribution in [1.29, 1.82) is 0 Å². The van der Waals surface area contributed by atoms with Crippen LogP contribution in [0.15, 0.2) is 0 Å². The summed E-state index contributed by atoms with van der Waals surface area (Å²) in [6.07, 6.45) is 0.370. The molecule has 0 bridgehead atoms. The fourth-order valence-electron chi connectivity index (χ4n) is 0.479. The second-order valence-corrected chi connectivity index (χ2v) is 3.71. The minimum absolute atomic E-state index is 0.270. The van der Waals surface area contributed by atoms with E-state index in [1.807, 2.05) is 6.92 Å². The molecule has 0 radical (unpaired) electrons. The van der Waals surface area contributed by atoms with Crippen LogP contribution in [0.2, 0.25) is 0 Å². The van der Waals surface area contributed by atoms with Crippen molar-refractivity contribution in [3.8, 4) is 0 Å². The normalized spacial score (nSPS) is 13.8. The first-order valence-corrected chi connectivity index (χ1v) is 5.27. The van der Waals surface area contributed by atoms with Gasteiger partial charge in [-0.05, 0) is 13.3 Å². The summed E-state index contributed by atoms with van der Waals surface area (Å²) in [4.78, 5) is 27.2. The largest absolute Gasteiger partial charge is 0.470 e. The molecule has 0 saturated heterocycles. The third-order valence-electron chi connectivity index (χ3n) is 1.26. The van der Waals surface area contributed by atoms with Gasteiger partial charge in [-0.1, -0.05) is 6.92 Å². The van der Waals surface area contributed by atoms with Crippen LogP contribution in [0.3, 0.4) is 0 Å². The second-order valence-electron chi connectivity index (χ2n) is 2.47. The molecule has 0 aliphatic heterocycles. The second kappa shape index (κ2) is 5.34. The molecule has 0 aromatic rings. The van der Waals surface area contributed by atoms with Crippen LogP contribution < -0.4 is 0 Å². The Labute approximate surface area is 76.1 Å². The Morgan fingerprint density at radius 3 is 2.46 bits per heavy atom. The van der Waals surface area contributed by atoms with Gasteiger partial charge in [0, 0.05) is 0 Å². The maximum Gasteiger partial charge on any atom is 0.470 e. The number of carbonyl (C=O) groups excluding carboxylic acids is 1. The first-order valence-electron chi connectivity index (χ1n) is 3.74. The van der Waals surface area contributed by atoms with Gasteiger partial charge in [0.15, 0.2) is 6.61 Å². The number of esters is 1. The van der Waals surface area contributed by atoms with Crippen molar-refractivity contribution >= 4 is 13.8 Å². The van der Waals surface area contributed by atoms with E-state index in [-0.39, 0.29) is 6.10 Å². The van der Waals surface area contributed by atoms with E-state index in [1.54, 1.807) is 6.92 Å².